The van der Waals surface area contributed by atoms with E-state index in [0.717, 1.165) is 23.8 Å². The molecule has 0 saturated carbocycles. The molecule has 0 amide bonds. The Morgan fingerprint density at radius 3 is 1.52 bits per heavy atom. The molecule has 0 radical (unpaired) electrons. The summed E-state index contributed by atoms with van der Waals surface area (Å²) in [6.45, 7) is 2.47. The van der Waals surface area contributed by atoms with Gasteiger partial charge in [0.2, 0.25) is 0 Å². The van der Waals surface area contributed by atoms with Crippen molar-refractivity contribution in [2.24, 2.45) is 15.0 Å². The summed E-state index contributed by atoms with van der Waals surface area (Å²) in [5.41, 5.74) is 3.57. The van der Waals surface area contributed by atoms with Crippen LogP contribution < -0.4 is 0 Å². The Kier molecular flexibility index (Phi) is 7.53. The van der Waals surface area contributed by atoms with E-state index >= 15 is 0 Å². The van der Waals surface area contributed by atoms with E-state index in [-0.39, 0.29) is 0 Å². The lowest BCUT2D eigenvalue weighted by Crippen LogP contribution is -2.57. The first-order valence-corrected chi connectivity index (χ1v) is 17.8. The van der Waals surface area contributed by atoms with Crippen molar-refractivity contribution in [3.8, 4) is 0 Å². The molecule has 0 aromatic carbocycles. The molecule has 120 valence electrons. The van der Waals surface area contributed by atoms with E-state index in [1.54, 1.807) is 0 Å². The summed E-state index contributed by atoms with van der Waals surface area (Å²) in [6.07, 6.45) is 6.09. The van der Waals surface area contributed by atoms with Gasteiger partial charge in [0, 0.05) is 21.1 Å². The Hall–Kier alpha value is 0.241. The lowest BCUT2D eigenvalue weighted by atomic mass is 10.9. The smallest absolute Gasteiger partial charge is 0.157 e. The van der Waals surface area contributed by atoms with E-state index in [4.69, 9.17) is 22.2 Å². The van der Waals surface area contributed by atoms with Crippen molar-refractivity contribution in [2.75, 3.05) is 21.1 Å². The van der Waals surface area contributed by atoms with Gasteiger partial charge in [0.1, 0.15) is 0 Å². The predicted molar refractivity (Wildman–Crippen MR) is 107 cm³/mol. The number of rotatable bonds is 6. The minimum atomic E-state index is -1.84. The fourth-order valence-corrected chi connectivity index (χ4v) is 41.7. The lowest BCUT2D eigenvalue weighted by molar-refractivity contribution is 1.34. The summed E-state index contributed by atoms with van der Waals surface area (Å²) in [5, 5.41) is 0. The van der Waals surface area contributed by atoms with Gasteiger partial charge in [-0.2, -0.15) is 22.2 Å². The van der Waals surface area contributed by atoms with Crippen LogP contribution in [0.4, 0.5) is 0 Å². The molecule has 1 fully saturated rings. The normalized spacial score (nSPS) is 38.0. The molecule has 2 unspecified atom stereocenters. The van der Waals surface area contributed by atoms with E-state index in [2.05, 4.69) is 27.7 Å². The summed E-state index contributed by atoms with van der Waals surface area (Å²) in [7, 11) is 0.389. The Morgan fingerprint density at radius 2 is 1.14 bits per heavy atom. The van der Waals surface area contributed by atoms with Gasteiger partial charge in [-0.25, -0.2) is 0 Å². The highest BCUT2D eigenvalue weighted by Gasteiger charge is 2.54. The number of hydrogen-bond acceptors (Lipinski definition) is 3. The molecule has 0 bridgehead atoms. The van der Waals surface area contributed by atoms with Gasteiger partial charge >= 0.3 is 0 Å². The molecule has 0 aliphatic carbocycles. The number of hydrogen-bond donors (Lipinski definition) is 0. The van der Waals surface area contributed by atoms with Gasteiger partial charge in [0.15, 0.2) is 14.8 Å². The van der Waals surface area contributed by atoms with Crippen molar-refractivity contribution in [2.45, 2.75) is 41.7 Å². The third-order valence-corrected chi connectivity index (χ3v) is 29.9. The highest BCUT2D eigenvalue weighted by Crippen LogP contribution is 2.47. The summed E-state index contributed by atoms with van der Waals surface area (Å²) in [4.78, 5) is 12.5. The summed E-state index contributed by atoms with van der Waals surface area (Å²) >= 11 is 14.2. The van der Waals surface area contributed by atoms with Crippen LogP contribution in [0.3, 0.4) is 0 Å². The molecule has 3 nitrogen and oxygen atoms in total. The molecule has 1 saturated heterocycles. The van der Waals surface area contributed by atoms with Gasteiger partial charge < -0.3 is 15.0 Å². The van der Waals surface area contributed by atoms with Crippen LogP contribution in [0.25, 0.3) is 0 Å². The Balaban J connectivity index is 3.02. The minimum absolute atomic E-state index is 0.960. The van der Waals surface area contributed by atoms with E-state index in [1.807, 2.05) is 33.6 Å². The zero-order valence-electron chi connectivity index (χ0n) is 13.6. The van der Waals surface area contributed by atoms with E-state index in [1.165, 1.54) is 11.3 Å². The highest BCUT2D eigenvalue weighted by molar-refractivity contribution is 7.40. The van der Waals surface area contributed by atoms with E-state index in [0.29, 0.717) is 0 Å². The maximum Gasteiger partial charge on any atom is 0.157 e. The summed E-state index contributed by atoms with van der Waals surface area (Å²) in [6, 6.07) is 3.03. The van der Waals surface area contributed by atoms with Crippen molar-refractivity contribution in [1.82, 2.24) is 0 Å². The maximum absolute atomic E-state index is 7.12. The second-order valence-electron chi connectivity index (χ2n) is 6.58. The zero-order valence-corrected chi connectivity index (χ0v) is 18.1. The zero-order chi connectivity index (χ0) is 16.0. The second kappa shape index (κ2) is 8.19. The first-order valence-electron chi connectivity index (χ1n) is 7.40. The quantitative estimate of drug-likeness (QED) is 0.377. The monoisotopic (exact) mass is 379 g/mol. The topological polar surface area (TPSA) is 37.1 Å². The van der Waals surface area contributed by atoms with Crippen LogP contribution in [0.5, 0.6) is 0 Å². The van der Waals surface area contributed by atoms with Crippen molar-refractivity contribution < 1.29 is 0 Å². The second-order valence-corrected chi connectivity index (χ2v) is 25.1. The van der Waals surface area contributed by atoms with Crippen LogP contribution >= 0.6 is 22.2 Å². The Labute approximate surface area is 141 Å². The molecule has 1 aliphatic rings. The number of nitrogens with zero attached hydrogens (tertiary/aromatic N) is 3. The average molecular weight is 381 g/mol. The van der Waals surface area contributed by atoms with Crippen LogP contribution in [0.1, 0.15) is 0 Å². The van der Waals surface area contributed by atoms with Gasteiger partial charge in [0.25, 0.3) is 0 Å². The Bertz CT molecular complexity index is 359. The highest BCUT2D eigenvalue weighted by atomic mass is 35.6. The van der Waals surface area contributed by atoms with Crippen LogP contribution in [0.2, 0.25) is 41.7 Å². The van der Waals surface area contributed by atoms with Gasteiger partial charge in [-0.05, 0) is 53.8 Å². The average Bonchev–Trinajstić information content (AvgIpc) is 2.39. The molecular weight excluding hydrogens is 353 g/mol. The minimum Gasteiger partial charge on any atom is -0.301 e. The molecule has 2 atom stereocenters. The molecule has 0 aromatic heterocycles. The van der Waals surface area contributed by atoms with Crippen LogP contribution in [0, 0.1) is 0 Å². The SMILES string of the molecule is CN=CC[Si]1(C)C[Si](Cl)(CC=NC)C[Si](Cl)(CC=NC)C1. The molecule has 1 aliphatic heterocycles. The van der Waals surface area contributed by atoms with Gasteiger partial charge in [-0.1, -0.05) is 6.55 Å². The van der Waals surface area contributed by atoms with Crippen LogP contribution in [-0.2, 0) is 0 Å². The molecule has 1 rings (SSSR count). The molecule has 0 N–H and O–H groups in total. The van der Waals surface area contributed by atoms with Gasteiger partial charge in [0.05, 0.1) is 8.07 Å². The fourth-order valence-electron chi connectivity index (χ4n) is 3.54. The third kappa shape index (κ3) is 6.09. The summed E-state index contributed by atoms with van der Waals surface area (Å²) < 4.78 is 0. The number of aliphatic imine (C=N–C) groups is 3. The maximum atomic E-state index is 7.12. The third-order valence-electron chi connectivity index (χ3n) is 4.17. The van der Waals surface area contributed by atoms with Crippen molar-refractivity contribution in [1.29, 1.82) is 0 Å². The first-order chi connectivity index (χ1) is 9.80. The molecule has 21 heavy (non-hydrogen) atoms. The van der Waals surface area contributed by atoms with Crippen molar-refractivity contribution in [3.63, 3.8) is 0 Å². The van der Waals surface area contributed by atoms with E-state index in [9.17, 15) is 0 Å². The van der Waals surface area contributed by atoms with Gasteiger partial charge in [-0.3, -0.25) is 0 Å². The molecule has 0 aromatic rings. The van der Waals surface area contributed by atoms with Crippen molar-refractivity contribution >= 4 is 63.6 Å². The largest absolute Gasteiger partial charge is 0.301 e. The molecule has 1 heterocycles. The van der Waals surface area contributed by atoms with E-state index < -0.39 is 22.8 Å². The van der Waals surface area contributed by atoms with Crippen LogP contribution in [0.15, 0.2) is 15.0 Å². The van der Waals surface area contributed by atoms with Crippen molar-refractivity contribution in [3.05, 3.63) is 0 Å². The fraction of sp³-hybridized carbons (Fsp3) is 0.769. The molecule has 8 heteroatoms. The van der Waals surface area contributed by atoms with Crippen LogP contribution in [-0.4, -0.2) is 62.6 Å². The van der Waals surface area contributed by atoms with Gasteiger partial charge in [-0.15, -0.1) is 0 Å². The first kappa shape index (κ1) is 19.3. The predicted octanol–water partition coefficient (Wildman–Crippen LogP) is 4.17. The molecule has 0 spiro atoms. The molecular formula is C13H27Cl2N3Si3. The lowest BCUT2D eigenvalue weighted by Gasteiger charge is -2.46. The number of halogens is 2. The Morgan fingerprint density at radius 1 is 0.762 bits per heavy atom. The summed E-state index contributed by atoms with van der Waals surface area (Å²) in [5.74, 6) is 0. The standard InChI is InChI=1S/C13H27Cl2N3Si3/c1-16-5-8-19(4)11-20(14,9-6-17-2)13-21(15,12-19)10-7-18-3/h5-7H,8-13H2,1-4H3.